The second-order valence-corrected chi connectivity index (χ2v) is 7.07. The Bertz CT molecular complexity index is 545. The molecule has 1 aromatic rings. The van der Waals surface area contributed by atoms with Crippen molar-refractivity contribution < 1.29 is 9.53 Å². The van der Waals surface area contributed by atoms with Crippen molar-refractivity contribution in [2.24, 2.45) is 10.9 Å². The van der Waals surface area contributed by atoms with Crippen LogP contribution in [0.15, 0.2) is 29.3 Å². The van der Waals surface area contributed by atoms with Crippen LogP contribution in [0, 0.1) is 5.92 Å². The first kappa shape index (κ1) is 18.7. The van der Waals surface area contributed by atoms with Gasteiger partial charge in [0, 0.05) is 17.5 Å². The van der Waals surface area contributed by atoms with Gasteiger partial charge >= 0.3 is 0 Å². The van der Waals surface area contributed by atoms with Crippen molar-refractivity contribution in [3.63, 3.8) is 0 Å². The summed E-state index contributed by atoms with van der Waals surface area (Å²) < 4.78 is 5.69. The third-order valence-corrected chi connectivity index (χ3v) is 4.65. The zero-order chi connectivity index (χ0) is 17.4. The molecule has 0 radical (unpaired) electrons. The number of aliphatic imine (C=N–C) groups is 1. The van der Waals surface area contributed by atoms with E-state index in [9.17, 15) is 4.79 Å². The molecule has 1 aromatic carbocycles. The largest absolute Gasteiger partial charge is 0.475 e. The molecule has 0 aliphatic carbocycles. The molecule has 0 fully saturated rings. The number of rotatable bonds is 10. The molecule has 1 unspecified atom stereocenters. The van der Waals surface area contributed by atoms with Gasteiger partial charge in [0.2, 0.25) is 5.90 Å². The number of ketones is 1. The summed E-state index contributed by atoms with van der Waals surface area (Å²) in [6.07, 6.45) is 7.91. The summed E-state index contributed by atoms with van der Waals surface area (Å²) in [7, 11) is 0. The first-order valence-corrected chi connectivity index (χ1v) is 9.46. The Balaban J connectivity index is 1.81. The van der Waals surface area contributed by atoms with E-state index in [1.54, 1.807) is 0 Å². The van der Waals surface area contributed by atoms with Gasteiger partial charge in [-0.25, -0.2) is 4.99 Å². The minimum absolute atomic E-state index is 0.242. The van der Waals surface area contributed by atoms with Gasteiger partial charge in [-0.15, -0.1) is 0 Å². The molecule has 3 heteroatoms. The number of hydrogen-bond acceptors (Lipinski definition) is 3. The molecule has 2 rings (SSSR count). The van der Waals surface area contributed by atoms with Crippen LogP contribution in [-0.2, 0) is 4.74 Å². The van der Waals surface area contributed by atoms with Crippen molar-refractivity contribution in [3.8, 4) is 0 Å². The molecule has 0 bridgehead atoms. The summed E-state index contributed by atoms with van der Waals surface area (Å²) in [6, 6.07) is 7.97. The number of carbonyl (C=O) groups is 1. The summed E-state index contributed by atoms with van der Waals surface area (Å²) in [5.74, 6) is 1.44. The van der Waals surface area contributed by atoms with Crippen molar-refractivity contribution in [3.05, 3.63) is 35.4 Å². The lowest BCUT2D eigenvalue weighted by Crippen LogP contribution is -2.13. The molecule has 24 heavy (non-hydrogen) atoms. The SMILES string of the molecule is CCCCCCCCC(=O)c1ccc(C2=NC(C(C)C)CO2)cc1. The van der Waals surface area contributed by atoms with Crippen LogP contribution < -0.4 is 0 Å². The summed E-state index contributed by atoms with van der Waals surface area (Å²) in [5.41, 5.74) is 1.76. The molecule has 0 N–H and O–H groups in total. The molecular weight excluding hydrogens is 298 g/mol. The van der Waals surface area contributed by atoms with Gasteiger partial charge < -0.3 is 4.74 Å². The average molecular weight is 329 g/mol. The molecule has 0 saturated carbocycles. The maximum atomic E-state index is 12.2. The molecule has 3 nitrogen and oxygen atoms in total. The van der Waals surface area contributed by atoms with E-state index in [-0.39, 0.29) is 11.8 Å². The van der Waals surface area contributed by atoms with Gasteiger partial charge in [0.1, 0.15) is 6.61 Å². The molecule has 0 spiro atoms. The van der Waals surface area contributed by atoms with E-state index in [0.717, 1.165) is 24.0 Å². The number of ether oxygens (including phenoxy) is 1. The van der Waals surface area contributed by atoms with Crippen LogP contribution in [0.25, 0.3) is 0 Å². The predicted octanol–water partition coefficient (Wildman–Crippen LogP) is 5.42. The Hall–Kier alpha value is -1.64. The zero-order valence-corrected chi connectivity index (χ0v) is 15.4. The highest BCUT2D eigenvalue weighted by atomic mass is 16.5. The van der Waals surface area contributed by atoms with Crippen LogP contribution in [0.4, 0.5) is 0 Å². The quantitative estimate of drug-likeness (QED) is 0.424. The molecule has 132 valence electrons. The van der Waals surface area contributed by atoms with Crippen LogP contribution in [0.3, 0.4) is 0 Å². The third kappa shape index (κ3) is 5.47. The Kier molecular flexibility index (Phi) is 7.48. The molecule has 1 atom stereocenters. The summed E-state index contributed by atoms with van der Waals surface area (Å²) in [6.45, 7) is 7.19. The lowest BCUT2D eigenvalue weighted by atomic mass is 10.0. The Morgan fingerprint density at radius 2 is 1.79 bits per heavy atom. The Morgan fingerprint density at radius 3 is 2.42 bits per heavy atom. The maximum Gasteiger partial charge on any atom is 0.216 e. The number of unbranched alkanes of at least 4 members (excludes halogenated alkanes) is 5. The minimum atomic E-state index is 0.242. The molecular formula is C21H31NO2. The lowest BCUT2D eigenvalue weighted by Gasteiger charge is -2.06. The van der Waals surface area contributed by atoms with Crippen LogP contribution >= 0.6 is 0 Å². The molecule has 0 amide bonds. The summed E-state index contributed by atoms with van der Waals surface area (Å²) in [5, 5.41) is 0. The Morgan fingerprint density at radius 1 is 1.12 bits per heavy atom. The van der Waals surface area contributed by atoms with Gasteiger partial charge in [-0.2, -0.15) is 0 Å². The molecule has 0 saturated heterocycles. The van der Waals surface area contributed by atoms with E-state index < -0.39 is 0 Å². The normalized spacial score (nSPS) is 17.0. The van der Waals surface area contributed by atoms with Crippen molar-refractivity contribution in [1.82, 2.24) is 0 Å². The molecule has 1 aliphatic rings. The smallest absolute Gasteiger partial charge is 0.216 e. The highest BCUT2D eigenvalue weighted by molar-refractivity contribution is 5.99. The number of Topliss-reactive ketones (excluding diaryl/α,β-unsaturated/α-hetero) is 1. The van der Waals surface area contributed by atoms with Gasteiger partial charge in [-0.1, -0.05) is 65.0 Å². The van der Waals surface area contributed by atoms with E-state index in [1.165, 1.54) is 25.7 Å². The van der Waals surface area contributed by atoms with Gasteiger partial charge in [-0.05, 0) is 24.5 Å². The molecule has 1 aliphatic heterocycles. The Labute approximate surface area is 146 Å². The van der Waals surface area contributed by atoms with Crippen LogP contribution in [0.2, 0.25) is 0 Å². The fraction of sp³-hybridized carbons (Fsp3) is 0.619. The van der Waals surface area contributed by atoms with E-state index in [4.69, 9.17) is 4.74 Å². The van der Waals surface area contributed by atoms with Crippen molar-refractivity contribution in [1.29, 1.82) is 0 Å². The minimum Gasteiger partial charge on any atom is -0.475 e. The van der Waals surface area contributed by atoms with Crippen molar-refractivity contribution >= 4 is 11.7 Å². The van der Waals surface area contributed by atoms with Gasteiger partial charge in [0.25, 0.3) is 0 Å². The second-order valence-electron chi connectivity index (χ2n) is 7.07. The first-order chi connectivity index (χ1) is 11.6. The monoisotopic (exact) mass is 329 g/mol. The van der Waals surface area contributed by atoms with E-state index >= 15 is 0 Å². The number of hydrogen-bond donors (Lipinski definition) is 0. The van der Waals surface area contributed by atoms with Crippen LogP contribution in [0.1, 0.15) is 81.6 Å². The van der Waals surface area contributed by atoms with E-state index in [1.807, 2.05) is 24.3 Å². The van der Waals surface area contributed by atoms with E-state index in [0.29, 0.717) is 24.8 Å². The highest BCUT2D eigenvalue weighted by Crippen LogP contribution is 2.18. The fourth-order valence-corrected chi connectivity index (χ4v) is 2.90. The van der Waals surface area contributed by atoms with Gasteiger partial charge in [0.05, 0.1) is 6.04 Å². The lowest BCUT2D eigenvalue weighted by molar-refractivity contribution is 0.0979. The number of benzene rings is 1. The zero-order valence-electron chi connectivity index (χ0n) is 15.4. The molecule has 1 heterocycles. The van der Waals surface area contributed by atoms with Crippen LogP contribution in [-0.4, -0.2) is 24.3 Å². The first-order valence-electron chi connectivity index (χ1n) is 9.46. The summed E-state index contributed by atoms with van der Waals surface area (Å²) >= 11 is 0. The van der Waals surface area contributed by atoms with Crippen molar-refractivity contribution in [2.75, 3.05) is 6.61 Å². The number of nitrogens with zero attached hydrogens (tertiary/aromatic N) is 1. The second kappa shape index (κ2) is 9.61. The van der Waals surface area contributed by atoms with Gasteiger partial charge in [0.15, 0.2) is 5.78 Å². The van der Waals surface area contributed by atoms with Gasteiger partial charge in [-0.3, -0.25) is 4.79 Å². The third-order valence-electron chi connectivity index (χ3n) is 4.65. The fourth-order valence-electron chi connectivity index (χ4n) is 2.90. The number of carbonyl (C=O) groups excluding carboxylic acids is 1. The molecule has 0 aromatic heterocycles. The standard InChI is InChI=1S/C21H31NO2/c1-4-5-6-7-8-9-10-20(23)17-11-13-18(14-12-17)21-22-19(15-24-21)16(2)3/h11-14,16,19H,4-10,15H2,1-3H3. The summed E-state index contributed by atoms with van der Waals surface area (Å²) in [4.78, 5) is 16.9. The highest BCUT2D eigenvalue weighted by Gasteiger charge is 2.22. The average Bonchev–Trinajstić information content (AvgIpc) is 3.08. The van der Waals surface area contributed by atoms with E-state index in [2.05, 4.69) is 25.8 Å². The topological polar surface area (TPSA) is 38.7 Å². The van der Waals surface area contributed by atoms with Crippen molar-refractivity contribution in [2.45, 2.75) is 71.8 Å². The van der Waals surface area contributed by atoms with Crippen LogP contribution in [0.5, 0.6) is 0 Å². The maximum absolute atomic E-state index is 12.2. The predicted molar refractivity (Wildman–Crippen MR) is 99.9 cm³/mol.